The summed E-state index contributed by atoms with van der Waals surface area (Å²) in [5, 5.41) is 0. The van der Waals surface area contributed by atoms with Gasteiger partial charge in [-0.3, -0.25) is 9.88 Å². The van der Waals surface area contributed by atoms with E-state index in [4.69, 9.17) is 4.99 Å². The maximum Gasteiger partial charge on any atom is 0.325 e. The monoisotopic (exact) mass is 351 g/mol. The maximum atomic E-state index is 13.0. The topological polar surface area (TPSA) is 52.0 Å². The van der Waals surface area contributed by atoms with Gasteiger partial charge in [-0.25, -0.2) is 9.79 Å². The Morgan fingerprint density at radius 1 is 1.23 bits per heavy atom. The number of hydrogen-bond acceptors (Lipinski definition) is 4. The van der Waals surface area contributed by atoms with Crippen LogP contribution in [0.5, 0.6) is 0 Å². The number of amides is 2. The fraction of sp³-hybridized carbons (Fsp3) is 0.450. The van der Waals surface area contributed by atoms with Crippen LogP contribution < -0.4 is 0 Å². The molecule has 1 aromatic rings. The molecule has 4 rings (SSSR count). The average Bonchev–Trinajstić information content (AvgIpc) is 3.32. The minimum atomic E-state index is 0.0907. The lowest BCUT2D eigenvalue weighted by Crippen LogP contribution is -2.47. The quantitative estimate of drug-likeness (QED) is 0.782. The molecule has 0 saturated carbocycles. The highest BCUT2D eigenvalue weighted by Crippen LogP contribution is 2.22. The number of aliphatic imine (C=N–C) groups is 1. The molecule has 0 aromatic carbocycles. The van der Waals surface area contributed by atoms with Gasteiger partial charge in [0.25, 0.3) is 0 Å². The third-order valence-corrected chi connectivity index (χ3v) is 5.25. The summed E-state index contributed by atoms with van der Waals surface area (Å²) in [6.45, 7) is 5.51. The fourth-order valence-electron chi connectivity index (χ4n) is 3.80. The van der Waals surface area contributed by atoms with Crippen LogP contribution in [0, 0.1) is 6.92 Å². The van der Waals surface area contributed by atoms with E-state index in [1.165, 1.54) is 0 Å². The third kappa shape index (κ3) is 3.49. The van der Waals surface area contributed by atoms with Crippen LogP contribution in [0.2, 0.25) is 0 Å². The Balaban J connectivity index is 1.67. The maximum absolute atomic E-state index is 13.0. The smallest absolute Gasteiger partial charge is 0.325 e. The van der Waals surface area contributed by atoms with Crippen LogP contribution in [0.4, 0.5) is 4.79 Å². The second-order valence-corrected chi connectivity index (χ2v) is 7.15. The molecule has 0 N–H and O–H groups in total. The molecule has 0 radical (unpaired) electrons. The van der Waals surface area contributed by atoms with Gasteiger partial charge in [-0.15, -0.1) is 0 Å². The van der Waals surface area contributed by atoms with Crippen LogP contribution in [0.15, 0.2) is 41.7 Å². The predicted molar refractivity (Wildman–Crippen MR) is 103 cm³/mol. The second-order valence-electron chi connectivity index (χ2n) is 7.15. The summed E-state index contributed by atoms with van der Waals surface area (Å²) in [6.07, 6.45) is 12.9. The zero-order valence-corrected chi connectivity index (χ0v) is 15.2. The van der Waals surface area contributed by atoms with Gasteiger partial charge in [0.1, 0.15) is 0 Å². The van der Waals surface area contributed by atoms with Crippen molar-refractivity contribution >= 4 is 18.1 Å². The van der Waals surface area contributed by atoms with Crippen molar-refractivity contribution in [2.24, 2.45) is 4.99 Å². The van der Waals surface area contributed by atoms with Gasteiger partial charge in [-0.05, 0) is 56.7 Å². The largest absolute Gasteiger partial charge is 0.375 e. The van der Waals surface area contributed by atoms with Gasteiger partial charge in [0, 0.05) is 43.6 Å². The molecule has 26 heavy (non-hydrogen) atoms. The molecule has 0 aliphatic carbocycles. The molecule has 0 unspecified atom stereocenters. The predicted octanol–water partition coefficient (Wildman–Crippen LogP) is 2.88. The molecule has 3 aliphatic heterocycles. The molecule has 0 spiro atoms. The Morgan fingerprint density at radius 3 is 2.88 bits per heavy atom. The van der Waals surface area contributed by atoms with Crippen LogP contribution >= 0.6 is 0 Å². The summed E-state index contributed by atoms with van der Waals surface area (Å²) in [5.41, 5.74) is 2.80. The average molecular weight is 351 g/mol. The fourth-order valence-corrected chi connectivity index (χ4v) is 3.80. The molecule has 2 saturated heterocycles. The van der Waals surface area contributed by atoms with E-state index in [1.54, 1.807) is 12.5 Å². The molecule has 4 heterocycles. The van der Waals surface area contributed by atoms with Crippen molar-refractivity contribution in [2.45, 2.75) is 32.2 Å². The third-order valence-electron chi connectivity index (χ3n) is 5.25. The zero-order chi connectivity index (χ0) is 17.9. The summed E-state index contributed by atoms with van der Waals surface area (Å²) >= 11 is 0. The summed E-state index contributed by atoms with van der Waals surface area (Å²) in [4.78, 5) is 28.1. The first-order chi connectivity index (χ1) is 12.7. The van der Waals surface area contributed by atoms with Gasteiger partial charge in [0.15, 0.2) is 0 Å². The summed E-state index contributed by atoms with van der Waals surface area (Å²) in [6, 6.07) is 4.24. The number of nitrogens with zero attached hydrogens (tertiary/aromatic N) is 5. The summed E-state index contributed by atoms with van der Waals surface area (Å²) in [7, 11) is 0. The number of aromatic nitrogens is 1. The van der Waals surface area contributed by atoms with E-state index in [1.807, 2.05) is 41.0 Å². The highest BCUT2D eigenvalue weighted by Gasteiger charge is 2.32. The van der Waals surface area contributed by atoms with Crippen molar-refractivity contribution in [3.05, 3.63) is 47.9 Å². The Labute approximate surface area is 154 Å². The van der Waals surface area contributed by atoms with Crippen molar-refractivity contribution in [1.82, 2.24) is 19.7 Å². The van der Waals surface area contributed by atoms with Gasteiger partial charge in [0.05, 0.1) is 18.1 Å². The van der Waals surface area contributed by atoms with E-state index in [9.17, 15) is 4.79 Å². The van der Waals surface area contributed by atoms with Crippen LogP contribution in [0.3, 0.4) is 0 Å². The standard InChI is InChI=1S/C20H25N5O/c1-16-13-17(6-8-21-16)19-5-4-9-23-12-7-18(14-23)25(15-22-19)20(26)24-10-2-3-11-24/h4-6,8-9,13,15,18H,2-3,7,10-12,14H2,1H3/t18-/m0/s1. The molecule has 6 nitrogen and oxygen atoms in total. The lowest BCUT2D eigenvalue weighted by molar-refractivity contribution is 0.175. The van der Waals surface area contributed by atoms with E-state index >= 15 is 0 Å². The minimum absolute atomic E-state index is 0.0907. The highest BCUT2D eigenvalue weighted by atomic mass is 16.2. The normalized spacial score (nSPS) is 22.7. The van der Waals surface area contributed by atoms with Crippen molar-refractivity contribution in [3.8, 4) is 0 Å². The van der Waals surface area contributed by atoms with Crippen LogP contribution in [0.1, 0.15) is 30.5 Å². The highest BCUT2D eigenvalue weighted by molar-refractivity contribution is 5.89. The number of pyridine rings is 1. The van der Waals surface area contributed by atoms with E-state index in [2.05, 4.69) is 16.1 Å². The number of urea groups is 1. The molecule has 2 bridgehead atoms. The first-order valence-corrected chi connectivity index (χ1v) is 9.38. The van der Waals surface area contributed by atoms with Gasteiger partial charge < -0.3 is 9.80 Å². The number of carbonyl (C=O) groups is 1. The molecular formula is C20H25N5O. The molecular weight excluding hydrogens is 326 g/mol. The summed E-state index contributed by atoms with van der Waals surface area (Å²) < 4.78 is 0. The lowest BCUT2D eigenvalue weighted by atomic mass is 10.1. The van der Waals surface area contributed by atoms with E-state index in [-0.39, 0.29) is 12.1 Å². The SMILES string of the molecule is Cc1cc(C2=CC=CN3CC[C@@H](C3)N(C(=O)N3CCCC3)C=N2)ccn1. The lowest BCUT2D eigenvalue weighted by Gasteiger charge is -2.29. The summed E-state index contributed by atoms with van der Waals surface area (Å²) in [5.74, 6) is 0. The van der Waals surface area contributed by atoms with Gasteiger partial charge in [0.2, 0.25) is 0 Å². The molecule has 1 atom stereocenters. The number of aryl methyl sites for hydroxylation is 1. The molecule has 3 aliphatic rings. The van der Waals surface area contributed by atoms with E-state index in [0.29, 0.717) is 0 Å². The number of carbonyl (C=O) groups excluding carboxylic acids is 1. The van der Waals surface area contributed by atoms with Gasteiger partial charge in [-0.2, -0.15) is 0 Å². The Kier molecular flexibility index (Phi) is 4.73. The minimum Gasteiger partial charge on any atom is -0.375 e. The van der Waals surface area contributed by atoms with E-state index < -0.39 is 0 Å². The van der Waals surface area contributed by atoms with Crippen molar-refractivity contribution in [2.75, 3.05) is 26.2 Å². The molecule has 136 valence electrons. The molecule has 6 heteroatoms. The van der Waals surface area contributed by atoms with Crippen LogP contribution in [-0.2, 0) is 0 Å². The molecule has 1 aromatic heterocycles. The Hall–Kier alpha value is -2.63. The number of hydrogen-bond donors (Lipinski definition) is 0. The van der Waals surface area contributed by atoms with Gasteiger partial charge >= 0.3 is 6.03 Å². The van der Waals surface area contributed by atoms with Crippen LogP contribution in [-0.4, -0.2) is 64.3 Å². The number of fused-ring (bicyclic) bond motifs is 2. The van der Waals surface area contributed by atoms with Crippen LogP contribution in [0.25, 0.3) is 5.70 Å². The van der Waals surface area contributed by atoms with E-state index in [0.717, 1.165) is 62.4 Å². The molecule has 2 fully saturated rings. The Morgan fingerprint density at radius 2 is 2.08 bits per heavy atom. The van der Waals surface area contributed by atoms with Crippen molar-refractivity contribution < 1.29 is 4.79 Å². The van der Waals surface area contributed by atoms with Gasteiger partial charge in [-0.1, -0.05) is 0 Å². The second kappa shape index (κ2) is 7.32. The first kappa shape index (κ1) is 16.8. The van der Waals surface area contributed by atoms with Crippen molar-refractivity contribution in [1.29, 1.82) is 0 Å². The zero-order valence-electron chi connectivity index (χ0n) is 15.2. The number of likely N-dealkylation sites (tertiary alicyclic amines) is 1. The Bertz CT molecular complexity index is 763. The van der Waals surface area contributed by atoms with Crippen molar-refractivity contribution in [3.63, 3.8) is 0 Å². The number of rotatable bonds is 1. The molecule has 2 amide bonds. The first-order valence-electron chi connectivity index (χ1n) is 9.38. The number of allylic oxidation sites excluding steroid dienone is 2.